The summed E-state index contributed by atoms with van der Waals surface area (Å²) in [6, 6.07) is 0. The lowest BCUT2D eigenvalue weighted by Gasteiger charge is -1.59. The molecule has 0 atom stereocenters. The predicted octanol–water partition coefficient (Wildman–Crippen LogP) is -1.00. The van der Waals surface area contributed by atoms with Crippen molar-refractivity contribution in [2.24, 2.45) is 5.64 Å². The molecule has 0 fully saturated rings. The van der Waals surface area contributed by atoms with Gasteiger partial charge in [0.05, 0.1) is 0 Å². The monoisotopic (exact) mass is 168 g/mol. The first-order valence-corrected chi connectivity index (χ1v) is 2.53. The van der Waals surface area contributed by atoms with E-state index in [2.05, 4.69) is 22.4 Å². The van der Waals surface area contributed by atoms with Crippen molar-refractivity contribution in [2.45, 2.75) is 0 Å². The van der Waals surface area contributed by atoms with Crippen molar-refractivity contribution >= 4 is 34.7 Å². The maximum atomic E-state index is 6.60. The number of nitrogens with two attached hydrogens (primary N) is 1. The molecular formula is H4B2IN. The molecular weight excluding hydrogens is 163 g/mol. The molecule has 0 aliphatic rings. The minimum atomic E-state index is -0.379. The molecule has 0 aromatic carbocycles. The van der Waals surface area contributed by atoms with E-state index in [1.54, 1.807) is 0 Å². The number of hydrogen-bond donors (Lipinski definition) is 1. The Morgan fingerprint density at radius 2 is 2.50 bits per heavy atom. The van der Waals surface area contributed by atoms with Gasteiger partial charge in [-0.3, -0.25) is 0 Å². The second kappa shape index (κ2) is 3.82. The quantitative estimate of drug-likeness (QED) is 0.394. The Morgan fingerprint density at radius 1 is 2.25 bits per heavy atom. The summed E-state index contributed by atoms with van der Waals surface area (Å²) in [6.45, 7) is 0. The van der Waals surface area contributed by atoms with Gasteiger partial charge in [0.25, 0.3) is 0 Å². The predicted molar refractivity (Wildman–Crippen MR) is 32.5 cm³/mol. The zero-order valence-electron chi connectivity index (χ0n) is 3.24. The van der Waals surface area contributed by atoms with Crippen LogP contribution in [-0.4, -0.2) is 13.6 Å². The van der Waals surface area contributed by atoms with E-state index in [1.165, 1.54) is 0 Å². The van der Waals surface area contributed by atoms with Crippen molar-refractivity contribution in [3.8, 4) is 0 Å². The molecule has 0 aromatic heterocycles. The van der Waals surface area contributed by atoms with E-state index < -0.39 is 0 Å². The summed E-state index contributed by atoms with van der Waals surface area (Å²) in [5.74, 6) is 0. The normalized spacial score (nSPS) is 9.00. The van der Waals surface area contributed by atoms with Gasteiger partial charge >= 0.3 is 0 Å². The summed E-state index contributed by atoms with van der Waals surface area (Å²) in [4.78, 5) is 0. The summed E-state index contributed by atoms with van der Waals surface area (Å²) in [7, 11) is -0.379. The lowest BCUT2D eigenvalue weighted by Crippen LogP contribution is -2.07. The van der Waals surface area contributed by atoms with Crippen LogP contribution in [0.1, 0.15) is 0 Å². The first kappa shape index (κ1) is 3.03. The van der Waals surface area contributed by atoms with E-state index in [-0.39, 0.29) is 7.27 Å². The second-order valence-electron chi connectivity index (χ2n) is 0.390. The van der Waals surface area contributed by atoms with Crippen LogP contribution in [0.5, 0.6) is 0 Å². The van der Waals surface area contributed by atoms with Crippen LogP contribution < -0.4 is 5.64 Å². The molecule has 4 heavy (non-hydrogen) atoms. The van der Waals surface area contributed by atoms with Crippen molar-refractivity contribution in [3.05, 3.63) is 0 Å². The third-order valence-electron chi connectivity index (χ3n) is 0.0891. The smallest absolute Gasteiger partial charge is 0.184 e. The minimum absolute atomic E-state index is 0.379. The van der Waals surface area contributed by atoms with Crippen molar-refractivity contribution in [1.29, 1.82) is 1.34 Å². The Balaban J connectivity index is 2.54. The number of rotatable bonds is 1. The van der Waals surface area contributed by atoms with Crippen LogP contribution in [0, 0.1) is 0 Å². The van der Waals surface area contributed by atoms with Crippen molar-refractivity contribution in [2.75, 3.05) is 0 Å². The molecule has 0 radical (unpaired) electrons. The zero-order chi connectivity index (χ0) is 4.28. The van der Waals surface area contributed by atoms with Gasteiger partial charge in [-0.15, -0.1) is 0 Å². The van der Waals surface area contributed by atoms with Crippen molar-refractivity contribution < 1.29 is 0 Å². The van der Waals surface area contributed by atoms with E-state index in [1.807, 2.05) is 0 Å². The van der Waals surface area contributed by atoms with Gasteiger partial charge in [0.1, 0.15) is 0 Å². The van der Waals surface area contributed by atoms with Crippen LogP contribution in [0.15, 0.2) is 0 Å². The maximum Gasteiger partial charge on any atom is 0.184 e. The van der Waals surface area contributed by atoms with E-state index >= 15 is 0 Å². The first-order chi connectivity index (χ1) is 2.27. The van der Waals surface area contributed by atoms with Crippen LogP contribution in [0.25, 0.3) is 0 Å². The molecule has 2 N–H and O–H groups in total. The van der Waals surface area contributed by atoms with Gasteiger partial charge in [0.15, 0.2) is 12.3 Å². The molecule has 4 heteroatoms. The average molecular weight is 168 g/mol. The zero-order valence-corrected chi connectivity index (χ0v) is 4.40. The number of hydrogen-bond acceptors (Lipinski definition) is 1. The highest BCUT2D eigenvalue weighted by molar-refractivity contribution is 14.1. The molecule has 0 aliphatic heterocycles. The largest absolute Gasteiger partial charge is 0.378 e. The summed E-state index contributed by atoms with van der Waals surface area (Å²) >= 11 is 2.06. The highest BCUT2D eigenvalue weighted by Gasteiger charge is 1.69. The molecule has 0 amide bonds. The van der Waals surface area contributed by atoms with E-state index in [0.29, 0.717) is 0 Å². The SMILES string of the molecule is [2H]B(N)BI. The fourth-order valence-electron chi connectivity index (χ4n) is 0. The fraction of sp³-hybridized carbons (Fsp3) is 0. The molecule has 0 unspecified atom stereocenters. The third-order valence-corrected chi connectivity index (χ3v) is 0.598. The Bertz CT molecular complexity index is 23.6. The van der Waals surface area contributed by atoms with Gasteiger partial charge in [-0.2, -0.15) is 22.4 Å². The highest BCUT2D eigenvalue weighted by atomic mass is 127. The Hall–Kier alpha value is 0.820. The Kier molecular flexibility index (Phi) is 2.89. The lowest BCUT2D eigenvalue weighted by molar-refractivity contribution is 1.98. The van der Waals surface area contributed by atoms with Gasteiger partial charge in [0, 0.05) is 0 Å². The minimum Gasteiger partial charge on any atom is -0.378 e. The van der Waals surface area contributed by atoms with Crippen LogP contribution in [0.4, 0.5) is 0 Å². The molecule has 0 aliphatic carbocycles. The molecule has 0 saturated heterocycles. The second-order valence-corrected chi connectivity index (χ2v) is 1.27. The third kappa shape index (κ3) is 2.82. The van der Waals surface area contributed by atoms with Gasteiger partial charge in [-0.1, -0.05) is 0 Å². The van der Waals surface area contributed by atoms with Crippen molar-refractivity contribution in [1.82, 2.24) is 0 Å². The summed E-state index contributed by atoms with van der Waals surface area (Å²) in [5, 5.41) is 0.720. The Labute approximate surface area is 42.0 Å². The van der Waals surface area contributed by atoms with Gasteiger partial charge in [-0.25, -0.2) is 0 Å². The summed E-state index contributed by atoms with van der Waals surface area (Å²) < 4.78 is 6.60. The van der Waals surface area contributed by atoms with Crippen LogP contribution >= 0.6 is 22.4 Å². The first-order valence-electron chi connectivity index (χ1n) is 1.59. The lowest BCUT2D eigenvalue weighted by atomic mass is 9.69. The number of halogens is 1. The van der Waals surface area contributed by atoms with Crippen LogP contribution in [0.3, 0.4) is 0 Å². The molecule has 0 bridgehead atoms. The molecule has 22 valence electrons. The van der Waals surface area contributed by atoms with Gasteiger partial charge < -0.3 is 5.64 Å². The summed E-state index contributed by atoms with van der Waals surface area (Å²) in [5.41, 5.74) is 4.95. The van der Waals surface area contributed by atoms with Crippen LogP contribution in [-0.2, 0) is 0 Å². The topological polar surface area (TPSA) is 26.0 Å². The van der Waals surface area contributed by atoms with Gasteiger partial charge in [0.2, 0.25) is 0 Å². The van der Waals surface area contributed by atoms with Crippen molar-refractivity contribution in [3.63, 3.8) is 0 Å². The summed E-state index contributed by atoms with van der Waals surface area (Å²) in [6.07, 6.45) is 0. The van der Waals surface area contributed by atoms with Gasteiger partial charge in [-0.05, 0) is 1.34 Å². The molecule has 0 aromatic rings. The maximum absolute atomic E-state index is 6.60. The fourth-order valence-corrected chi connectivity index (χ4v) is 0. The molecule has 0 spiro atoms. The molecule has 0 saturated carbocycles. The standard InChI is InChI=1S/B2H4IN/c3-1-2-4/h1-2H,4H2/i2D. The highest BCUT2D eigenvalue weighted by Crippen LogP contribution is 1.61. The Morgan fingerprint density at radius 3 is 2.50 bits per heavy atom. The van der Waals surface area contributed by atoms with E-state index in [9.17, 15) is 0 Å². The van der Waals surface area contributed by atoms with E-state index in [4.69, 9.17) is 6.98 Å². The molecule has 0 heterocycles. The average Bonchev–Trinajstić information content (AvgIpc) is 1.38. The van der Waals surface area contributed by atoms with Crippen LogP contribution in [0.2, 0.25) is 0 Å². The molecule has 1 nitrogen and oxygen atoms in total. The molecule has 0 rings (SSSR count). The van der Waals surface area contributed by atoms with E-state index in [0.717, 1.165) is 5.03 Å².